The van der Waals surface area contributed by atoms with Crippen LogP contribution >= 0.6 is 11.6 Å². The molecule has 2 heterocycles. The van der Waals surface area contributed by atoms with E-state index in [2.05, 4.69) is 4.98 Å². The van der Waals surface area contributed by atoms with Crippen molar-refractivity contribution in [1.29, 1.82) is 0 Å². The van der Waals surface area contributed by atoms with Crippen molar-refractivity contribution in [1.82, 2.24) is 4.98 Å². The monoisotopic (exact) mass is 240 g/mol. The topological polar surface area (TPSA) is 42.4 Å². The highest BCUT2D eigenvalue weighted by Crippen LogP contribution is 2.41. The number of methoxy groups -OCH3 is 1. The first kappa shape index (κ1) is 11.4. The molecule has 0 fully saturated rings. The van der Waals surface area contributed by atoms with Crippen LogP contribution in [-0.4, -0.2) is 24.7 Å². The highest BCUT2D eigenvalue weighted by molar-refractivity contribution is 6.30. The summed E-state index contributed by atoms with van der Waals surface area (Å²) >= 11 is 5.84. The van der Waals surface area contributed by atoms with Crippen LogP contribution in [0.25, 0.3) is 0 Å². The molecule has 0 bridgehead atoms. The Morgan fingerprint density at radius 1 is 1.56 bits per heavy atom. The van der Waals surface area contributed by atoms with Crippen molar-refractivity contribution < 1.29 is 9.53 Å². The maximum absolute atomic E-state index is 12.2. The van der Waals surface area contributed by atoms with Gasteiger partial charge < -0.3 is 4.74 Å². The number of aromatic nitrogens is 1. The molecule has 0 atom stereocenters. The van der Waals surface area contributed by atoms with E-state index in [1.165, 1.54) is 0 Å². The average molecular weight is 241 g/mol. The van der Waals surface area contributed by atoms with Gasteiger partial charge in [0.1, 0.15) is 11.9 Å². The Kier molecular flexibility index (Phi) is 2.64. The van der Waals surface area contributed by atoms with Crippen LogP contribution in [0.15, 0.2) is 12.3 Å². The minimum absolute atomic E-state index is 0.00779. The van der Waals surface area contributed by atoms with Gasteiger partial charge in [-0.25, -0.2) is 4.98 Å². The molecule has 0 saturated heterocycles. The lowest BCUT2D eigenvalue weighted by Crippen LogP contribution is -2.37. The van der Waals surface area contributed by atoms with Crippen LogP contribution in [0.3, 0.4) is 0 Å². The second-order valence-corrected chi connectivity index (χ2v) is 4.69. The van der Waals surface area contributed by atoms with E-state index in [9.17, 15) is 4.79 Å². The van der Waals surface area contributed by atoms with Gasteiger partial charge in [-0.15, -0.1) is 0 Å². The number of ether oxygens (including phenoxy) is 1. The summed E-state index contributed by atoms with van der Waals surface area (Å²) in [6, 6.07) is 1.70. The van der Waals surface area contributed by atoms with Gasteiger partial charge in [0.05, 0.1) is 11.1 Å². The van der Waals surface area contributed by atoms with E-state index in [0.717, 1.165) is 11.3 Å². The first-order valence-corrected chi connectivity index (χ1v) is 5.33. The Bertz CT molecular complexity index is 446. The first-order valence-electron chi connectivity index (χ1n) is 4.95. The van der Waals surface area contributed by atoms with Gasteiger partial charge in [0, 0.05) is 18.9 Å². The van der Waals surface area contributed by atoms with Crippen molar-refractivity contribution in [2.24, 2.45) is 0 Å². The minimum Gasteiger partial charge on any atom is -0.364 e. The number of hydrogen-bond donors (Lipinski definition) is 0. The number of hydrogen-bond acceptors (Lipinski definition) is 3. The minimum atomic E-state index is -0.564. The number of carbonyl (C=O) groups excluding carboxylic acids is 1. The van der Waals surface area contributed by atoms with Crippen LogP contribution in [0.5, 0.6) is 0 Å². The molecular formula is C11H13ClN2O2. The lowest BCUT2D eigenvalue weighted by Gasteiger charge is -2.19. The molecule has 0 aromatic carbocycles. The standard InChI is InChI=1S/C11H13ClN2O2/c1-11(2)7-5-13-9(12)4-8(7)14(6-16-3)10(11)15/h4-5H,6H2,1-3H3. The molecule has 86 valence electrons. The van der Waals surface area contributed by atoms with Crippen LogP contribution < -0.4 is 4.90 Å². The molecule has 0 unspecified atom stereocenters. The van der Waals surface area contributed by atoms with E-state index in [1.54, 1.807) is 24.3 Å². The molecule has 16 heavy (non-hydrogen) atoms. The van der Waals surface area contributed by atoms with Crippen LogP contribution in [0, 0.1) is 0 Å². The van der Waals surface area contributed by atoms with E-state index >= 15 is 0 Å². The summed E-state index contributed by atoms with van der Waals surface area (Å²) in [4.78, 5) is 17.8. The number of anilines is 1. The molecule has 1 amide bonds. The van der Waals surface area contributed by atoms with Gasteiger partial charge in [0.25, 0.3) is 0 Å². The van der Waals surface area contributed by atoms with Crippen LogP contribution in [0.2, 0.25) is 5.15 Å². The van der Waals surface area contributed by atoms with E-state index in [4.69, 9.17) is 16.3 Å². The summed E-state index contributed by atoms with van der Waals surface area (Å²) in [5, 5.41) is 0.380. The molecule has 2 rings (SSSR count). The fourth-order valence-electron chi connectivity index (χ4n) is 1.94. The number of carbonyl (C=O) groups is 1. The van der Waals surface area contributed by atoms with Gasteiger partial charge in [-0.1, -0.05) is 11.6 Å². The number of fused-ring (bicyclic) bond motifs is 1. The Balaban J connectivity index is 2.56. The average Bonchev–Trinajstić information content (AvgIpc) is 2.40. The zero-order chi connectivity index (χ0) is 11.9. The lowest BCUT2D eigenvalue weighted by atomic mass is 9.87. The predicted octanol–water partition coefficient (Wildman–Crippen LogP) is 1.96. The Morgan fingerprint density at radius 2 is 2.25 bits per heavy atom. The van der Waals surface area contributed by atoms with E-state index in [1.807, 2.05) is 13.8 Å². The third-order valence-electron chi connectivity index (χ3n) is 2.85. The molecule has 0 aliphatic carbocycles. The lowest BCUT2D eigenvalue weighted by molar-refractivity contribution is -0.123. The van der Waals surface area contributed by atoms with Gasteiger partial charge in [0.2, 0.25) is 5.91 Å². The summed E-state index contributed by atoms with van der Waals surface area (Å²) in [7, 11) is 1.56. The highest BCUT2D eigenvalue weighted by atomic mass is 35.5. The zero-order valence-electron chi connectivity index (χ0n) is 9.45. The van der Waals surface area contributed by atoms with Crippen molar-refractivity contribution in [2.75, 3.05) is 18.7 Å². The van der Waals surface area contributed by atoms with Gasteiger partial charge in [-0.3, -0.25) is 9.69 Å². The molecule has 4 nitrogen and oxygen atoms in total. The van der Waals surface area contributed by atoms with Crippen molar-refractivity contribution in [3.8, 4) is 0 Å². The molecule has 0 radical (unpaired) electrons. The van der Waals surface area contributed by atoms with Crippen molar-refractivity contribution in [2.45, 2.75) is 19.3 Å². The highest BCUT2D eigenvalue weighted by Gasteiger charge is 2.44. The molecule has 5 heteroatoms. The summed E-state index contributed by atoms with van der Waals surface area (Å²) in [5.41, 5.74) is 1.11. The molecule has 1 aliphatic heterocycles. The second kappa shape index (κ2) is 3.71. The number of nitrogens with zero attached hydrogens (tertiary/aromatic N) is 2. The van der Waals surface area contributed by atoms with Crippen LogP contribution in [-0.2, 0) is 14.9 Å². The maximum Gasteiger partial charge on any atom is 0.239 e. The molecule has 0 spiro atoms. The zero-order valence-corrected chi connectivity index (χ0v) is 10.2. The number of amides is 1. The van der Waals surface area contributed by atoms with E-state index in [-0.39, 0.29) is 12.6 Å². The first-order chi connectivity index (χ1) is 7.48. The molecule has 0 N–H and O–H groups in total. The van der Waals surface area contributed by atoms with E-state index in [0.29, 0.717) is 5.15 Å². The normalized spacial score (nSPS) is 17.8. The smallest absolute Gasteiger partial charge is 0.239 e. The SMILES string of the molecule is COCN1C(=O)C(C)(C)c2cnc(Cl)cc21. The largest absolute Gasteiger partial charge is 0.364 e. The predicted molar refractivity (Wildman–Crippen MR) is 61.6 cm³/mol. The Labute approximate surface area is 99.2 Å². The summed E-state index contributed by atoms with van der Waals surface area (Å²) in [6.45, 7) is 3.98. The fraction of sp³-hybridized carbons (Fsp3) is 0.455. The maximum atomic E-state index is 12.2. The van der Waals surface area contributed by atoms with Gasteiger partial charge >= 0.3 is 0 Å². The molecule has 1 aromatic rings. The molecule has 0 saturated carbocycles. The van der Waals surface area contributed by atoms with Crippen molar-refractivity contribution in [3.63, 3.8) is 0 Å². The van der Waals surface area contributed by atoms with Crippen molar-refractivity contribution >= 4 is 23.2 Å². The quantitative estimate of drug-likeness (QED) is 0.743. The second-order valence-electron chi connectivity index (χ2n) is 4.30. The molecule has 1 aliphatic rings. The van der Waals surface area contributed by atoms with Gasteiger partial charge in [0.15, 0.2) is 0 Å². The Hall–Kier alpha value is -1.13. The van der Waals surface area contributed by atoms with Crippen LogP contribution in [0.1, 0.15) is 19.4 Å². The summed E-state index contributed by atoms with van der Waals surface area (Å²) in [6.07, 6.45) is 1.66. The van der Waals surface area contributed by atoms with Gasteiger partial charge in [-0.05, 0) is 19.9 Å². The molecular weight excluding hydrogens is 228 g/mol. The van der Waals surface area contributed by atoms with Gasteiger partial charge in [-0.2, -0.15) is 0 Å². The summed E-state index contributed by atoms with van der Waals surface area (Å²) in [5.74, 6) is 0.00779. The van der Waals surface area contributed by atoms with E-state index < -0.39 is 5.41 Å². The van der Waals surface area contributed by atoms with Crippen molar-refractivity contribution in [3.05, 3.63) is 23.0 Å². The fourth-order valence-corrected chi connectivity index (χ4v) is 2.10. The molecule has 1 aromatic heterocycles. The Morgan fingerprint density at radius 3 is 2.88 bits per heavy atom. The number of halogens is 1. The third-order valence-corrected chi connectivity index (χ3v) is 3.06. The summed E-state index contributed by atoms with van der Waals surface area (Å²) < 4.78 is 5.03. The number of pyridine rings is 1. The van der Waals surface area contributed by atoms with Crippen LogP contribution in [0.4, 0.5) is 5.69 Å². The third kappa shape index (κ3) is 1.49. The number of rotatable bonds is 2.